The number of pyridine rings is 2. The Balaban J connectivity index is 0.000000352. The van der Waals surface area contributed by atoms with E-state index in [9.17, 15) is 39.5 Å². The lowest BCUT2D eigenvalue weighted by molar-refractivity contribution is -0.193. The largest absolute Gasteiger partial charge is 0.490 e. The van der Waals surface area contributed by atoms with E-state index in [4.69, 9.17) is 29.7 Å². The molecule has 3 aromatic heterocycles. The molecule has 3 N–H and O–H groups in total. The third kappa shape index (κ3) is 13.5. The highest BCUT2D eigenvalue weighted by atomic mass is 19.4. The predicted octanol–water partition coefficient (Wildman–Crippen LogP) is 5.49. The van der Waals surface area contributed by atoms with Crippen LogP contribution in [0.25, 0.3) is 16.6 Å². The number of aryl methyl sites for hydroxylation is 1. The number of hydrogen-bond donors (Lipinski definition) is 3. The number of hydrogen-bond acceptors (Lipinski definition) is 8. The van der Waals surface area contributed by atoms with Crippen molar-refractivity contribution in [3.8, 4) is 11.1 Å². The van der Waals surface area contributed by atoms with Crippen molar-refractivity contribution in [1.82, 2.24) is 29.6 Å². The summed E-state index contributed by atoms with van der Waals surface area (Å²) >= 11 is 0. The molecule has 12 nitrogen and oxygen atoms in total. The van der Waals surface area contributed by atoms with Crippen LogP contribution in [-0.4, -0.2) is 108 Å². The van der Waals surface area contributed by atoms with Gasteiger partial charge in [-0.15, -0.1) is 5.10 Å². The molecule has 1 saturated heterocycles. The third-order valence-corrected chi connectivity index (χ3v) is 6.73. The molecule has 0 spiro atoms. The number of halogens is 9. The highest BCUT2D eigenvalue weighted by molar-refractivity contribution is 5.73. The molecule has 0 saturated carbocycles. The smallest absolute Gasteiger partial charge is 0.475 e. The molecule has 0 amide bonds. The van der Waals surface area contributed by atoms with Crippen LogP contribution in [0.2, 0.25) is 0 Å². The normalized spacial score (nSPS) is 15.3. The van der Waals surface area contributed by atoms with Crippen LogP contribution in [0, 0.1) is 6.92 Å². The SMILES string of the molecule is Cc1ccc(-c2ccc3c(C4CN(Cc5cccnc5)CCN4C)nnn3c2)cc1.O=C(O)C(F)(F)F.O=C(O)C(F)(F)F.O=C(O)C(F)(F)F. The van der Waals surface area contributed by atoms with E-state index >= 15 is 0 Å². The molecule has 21 heteroatoms. The van der Waals surface area contributed by atoms with E-state index in [1.165, 1.54) is 16.7 Å². The predicted molar refractivity (Wildman–Crippen MR) is 159 cm³/mol. The molecule has 1 aliphatic rings. The van der Waals surface area contributed by atoms with E-state index in [1.54, 1.807) is 0 Å². The Morgan fingerprint density at radius 1 is 0.784 bits per heavy atom. The summed E-state index contributed by atoms with van der Waals surface area (Å²) in [6, 6.07) is 17.3. The number of rotatable bonds is 4. The number of fused-ring (bicyclic) bond motifs is 1. The first kappa shape index (κ1) is 41.9. The Bertz CT molecular complexity index is 1690. The average Bonchev–Trinajstić information content (AvgIpc) is 3.45. The van der Waals surface area contributed by atoms with Gasteiger partial charge in [-0.1, -0.05) is 47.2 Å². The van der Waals surface area contributed by atoms with Gasteiger partial charge in [-0.3, -0.25) is 14.8 Å². The van der Waals surface area contributed by atoms with Crippen LogP contribution in [-0.2, 0) is 20.9 Å². The van der Waals surface area contributed by atoms with Gasteiger partial charge in [0.1, 0.15) is 5.69 Å². The molecular weight excluding hydrogens is 711 g/mol. The molecule has 4 aromatic rings. The molecule has 4 heterocycles. The van der Waals surface area contributed by atoms with Crippen LogP contribution in [0.1, 0.15) is 22.9 Å². The number of nitrogens with zero attached hydrogens (tertiary/aromatic N) is 6. The van der Waals surface area contributed by atoms with Crippen LogP contribution < -0.4 is 0 Å². The number of likely N-dealkylation sites (N-methyl/N-ethyl adjacent to an activating group) is 1. The number of alkyl halides is 9. The summed E-state index contributed by atoms with van der Waals surface area (Å²) in [5, 5.41) is 30.4. The molecule has 1 atom stereocenters. The molecular formula is C30H29F9N6O6. The molecule has 0 radical (unpaired) electrons. The van der Waals surface area contributed by atoms with E-state index in [2.05, 4.69) is 87.7 Å². The fourth-order valence-corrected chi connectivity index (χ4v) is 4.19. The molecule has 5 rings (SSSR count). The Kier molecular flexibility index (Phi) is 14.4. The van der Waals surface area contributed by atoms with Crippen LogP contribution >= 0.6 is 0 Å². The third-order valence-electron chi connectivity index (χ3n) is 6.73. The number of piperazine rings is 1. The van der Waals surface area contributed by atoms with Crippen molar-refractivity contribution < 1.29 is 69.2 Å². The van der Waals surface area contributed by atoms with Crippen LogP contribution in [0.5, 0.6) is 0 Å². The molecule has 1 unspecified atom stereocenters. The van der Waals surface area contributed by atoms with Crippen molar-refractivity contribution in [2.24, 2.45) is 0 Å². The number of carboxylic acids is 3. The Hall–Kier alpha value is -5.31. The summed E-state index contributed by atoms with van der Waals surface area (Å²) in [6.07, 6.45) is -9.40. The maximum atomic E-state index is 10.6. The minimum absolute atomic E-state index is 0.221. The molecule has 1 aliphatic heterocycles. The number of carboxylic acid groups (broad SMARTS) is 3. The maximum Gasteiger partial charge on any atom is 0.490 e. The van der Waals surface area contributed by atoms with Crippen molar-refractivity contribution in [2.45, 2.75) is 38.0 Å². The zero-order valence-corrected chi connectivity index (χ0v) is 26.4. The van der Waals surface area contributed by atoms with Gasteiger partial charge >= 0.3 is 36.4 Å². The van der Waals surface area contributed by atoms with E-state index in [1.807, 2.05) is 23.0 Å². The van der Waals surface area contributed by atoms with E-state index in [-0.39, 0.29) is 6.04 Å². The lowest BCUT2D eigenvalue weighted by Crippen LogP contribution is -2.46. The van der Waals surface area contributed by atoms with E-state index in [0.29, 0.717) is 0 Å². The van der Waals surface area contributed by atoms with E-state index in [0.717, 1.165) is 43.0 Å². The maximum absolute atomic E-state index is 10.6. The molecule has 0 aliphatic carbocycles. The van der Waals surface area contributed by atoms with E-state index < -0.39 is 36.4 Å². The summed E-state index contributed by atoms with van der Waals surface area (Å²) in [6.45, 7) is 5.99. The quantitative estimate of drug-likeness (QED) is 0.227. The number of aliphatic carboxylic acids is 3. The lowest BCUT2D eigenvalue weighted by Gasteiger charge is -2.38. The lowest BCUT2D eigenvalue weighted by atomic mass is 10.0. The molecule has 51 heavy (non-hydrogen) atoms. The molecule has 1 fully saturated rings. The first-order valence-electron chi connectivity index (χ1n) is 14.1. The zero-order chi connectivity index (χ0) is 38.7. The highest BCUT2D eigenvalue weighted by Crippen LogP contribution is 2.28. The summed E-state index contributed by atoms with van der Waals surface area (Å²) in [7, 11) is 2.18. The van der Waals surface area contributed by atoms with Gasteiger partial charge in [0.2, 0.25) is 0 Å². The van der Waals surface area contributed by atoms with Crippen LogP contribution in [0.15, 0.2) is 67.1 Å². The Labute approximate surface area is 282 Å². The van der Waals surface area contributed by atoms with Gasteiger partial charge < -0.3 is 15.3 Å². The van der Waals surface area contributed by atoms with Gasteiger partial charge in [-0.05, 0) is 37.2 Å². The van der Waals surface area contributed by atoms with Crippen molar-refractivity contribution in [3.05, 3.63) is 83.9 Å². The first-order valence-corrected chi connectivity index (χ1v) is 14.1. The summed E-state index contributed by atoms with van der Waals surface area (Å²) in [5.41, 5.74) is 6.97. The highest BCUT2D eigenvalue weighted by Gasteiger charge is 2.39. The zero-order valence-electron chi connectivity index (χ0n) is 26.4. The fraction of sp³-hybridized carbons (Fsp3) is 0.333. The minimum atomic E-state index is -5.08. The van der Waals surface area contributed by atoms with Crippen molar-refractivity contribution in [2.75, 3.05) is 26.7 Å². The fourth-order valence-electron chi connectivity index (χ4n) is 4.19. The van der Waals surface area contributed by atoms with Crippen molar-refractivity contribution in [3.63, 3.8) is 0 Å². The Morgan fingerprint density at radius 3 is 1.76 bits per heavy atom. The number of aromatic nitrogens is 4. The van der Waals surface area contributed by atoms with Crippen LogP contribution in [0.4, 0.5) is 39.5 Å². The van der Waals surface area contributed by atoms with Gasteiger partial charge in [0.15, 0.2) is 0 Å². The molecule has 1 aromatic carbocycles. The van der Waals surface area contributed by atoms with Gasteiger partial charge in [0.25, 0.3) is 0 Å². The summed E-state index contributed by atoms with van der Waals surface area (Å²) in [4.78, 5) is 35.8. The molecule has 0 bridgehead atoms. The van der Waals surface area contributed by atoms with Crippen molar-refractivity contribution >= 4 is 23.4 Å². The Morgan fingerprint density at radius 2 is 1.29 bits per heavy atom. The standard InChI is InChI=1S/C24H26N6.3C2HF3O2/c1-18-5-7-20(8-6-18)21-9-10-22-24(26-27-30(22)16-21)23-17-29(13-12-28(23)2)15-19-4-3-11-25-14-19;3*3-2(4,5)1(6)7/h3-11,14,16,23H,12-13,15,17H2,1-2H3;3*(H,6,7). The first-order chi connectivity index (χ1) is 23.5. The average molecular weight is 741 g/mol. The number of benzene rings is 1. The minimum Gasteiger partial charge on any atom is -0.475 e. The van der Waals surface area contributed by atoms with Crippen molar-refractivity contribution in [1.29, 1.82) is 0 Å². The second-order valence-electron chi connectivity index (χ2n) is 10.6. The molecule has 278 valence electrons. The van der Waals surface area contributed by atoms with Gasteiger partial charge in [-0.2, -0.15) is 39.5 Å². The van der Waals surface area contributed by atoms with Gasteiger partial charge in [-0.25, -0.2) is 18.9 Å². The topological polar surface area (TPSA) is 161 Å². The monoisotopic (exact) mass is 740 g/mol. The van der Waals surface area contributed by atoms with Gasteiger partial charge in [0, 0.05) is 50.3 Å². The summed E-state index contributed by atoms with van der Waals surface area (Å²) < 4.78 is 97.1. The summed E-state index contributed by atoms with van der Waals surface area (Å²) in [5.74, 6) is -8.27. The van der Waals surface area contributed by atoms with Crippen LogP contribution in [0.3, 0.4) is 0 Å². The second-order valence-corrected chi connectivity index (χ2v) is 10.6. The number of carbonyl (C=O) groups is 3. The second kappa shape index (κ2) is 17.6. The van der Waals surface area contributed by atoms with Gasteiger partial charge in [0.05, 0.1) is 11.6 Å².